The Morgan fingerprint density at radius 3 is 2.92 bits per heavy atom. The topological polar surface area (TPSA) is 107 Å². The van der Waals surface area contributed by atoms with Crippen LogP contribution in [0.2, 0.25) is 0 Å². The van der Waals surface area contributed by atoms with Gasteiger partial charge in [0.15, 0.2) is 0 Å². The normalized spacial score (nSPS) is 10.3. The molecule has 0 saturated heterocycles. The van der Waals surface area contributed by atoms with Crippen molar-refractivity contribution in [2.45, 2.75) is 13.5 Å². The highest BCUT2D eigenvalue weighted by Crippen LogP contribution is 2.13. The Labute approximate surface area is 144 Å². The van der Waals surface area contributed by atoms with E-state index in [9.17, 15) is 4.79 Å². The van der Waals surface area contributed by atoms with Gasteiger partial charge in [-0.3, -0.25) is 10.3 Å². The lowest BCUT2D eigenvalue weighted by atomic mass is 10.2. The fraction of sp³-hybridized carbons (Fsp3) is 0.188. The van der Waals surface area contributed by atoms with Crippen LogP contribution in [0.15, 0.2) is 49.2 Å². The third kappa shape index (κ3) is 4.28. The van der Waals surface area contributed by atoms with E-state index in [0.717, 1.165) is 11.3 Å². The molecule has 0 atom stereocenters. The van der Waals surface area contributed by atoms with Crippen molar-refractivity contribution in [3.05, 3.63) is 54.7 Å². The molecule has 3 rings (SSSR count). The van der Waals surface area contributed by atoms with Gasteiger partial charge in [0.05, 0.1) is 18.5 Å². The summed E-state index contributed by atoms with van der Waals surface area (Å²) in [6, 6.07) is 6.83. The maximum Gasteiger partial charge on any atom is 0.321 e. The molecule has 0 saturated carbocycles. The monoisotopic (exact) mass is 339 g/mol. The standard InChI is InChI=1S/C16H17N7O2/c1-2-25-14-12(5-3-8-18-14)9-19-16(24)21-15-20-11-23(22-15)13-6-4-7-17-10-13/h3-8,10-11H,2,9H2,1H3,(H2,19,21,22,24). The Bertz CT molecular complexity index is 835. The van der Waals surface area contributed by atoms with Gasteiger partial charge in [0.1, 0.15) is 6.33 Å². The Hall–Kier alpha value is -3.49. The van der Waals surface area contributed by atoms with Crippen LogP contribution in [0.3, 0.4) is 0 Å². The molecule has 0 aromatic carbocycles. The van der Waals surface area contributed by atoms with Crippen LogP contribution >= 0.6 is 0 Å². The predicted molar refractivity (Wildman–Crippen MR) is 90.4 cm³/mol. The lowest BCUT2D eigenvalue weighted by Gasteiger charge is -2.09. The zero-order valence-electron chi connectivity index (χ0n) is 13.6. The van der Waals surface area contributed by atoms with Gasteiger partial charge in [-0.2, -0.15) is 4.98 Å². The number of hydrogen-bond donors (Lipinski definition) is 2. The summed E-state index contributed by atoms with van der Waals surface area (Å²) in [7, 11) is 0. The van der Waals surface area contributed by atoms with E-state index in [1.165, 1.54) is 11.0 Å². The van der Waals surface area contributed by atoms with E-state index in [-0.39, 0.29) is 12.5 Å². The van der Waals surface area contributed by atoms with Crippen molar-refractivity contribution in [1.29, 1.82) is 0 Å². The van der Waals surface area contributed by atoms with Crippen molar-refractivity contribution >= 4 is 12.0 Å². The molecule has 0 aliphatic heterocycles. The Morgan fingerprint density at radius 1 is 1.24 bits per heavy atom. The maximum absolute atomic E-state index is 12.0. The predicted octanol–water partition coefficient (Wildman–Crippen LogP) is 1.78. The van der Waals surface area contributed by atoms with Crippen molar-refractivity contribution in [3.8, 4) is 11.6 Å². The van der Waals surface area contributed by atoms with Crippen LogP contribution in [0.25, 0.3) is 5.69 Å². The number of anilines is 1. The average molecular weight is 339 g/mol. The molecule has 2 N–H and O–H groups in total. The summed E-state index contributed by atoms with van der Waals surface area (Å²) in [5, 5.41) is 9.48. The molecule has 128 valence electrons. The van der Waals surface area contributed by atoms with Crippen LogP contribution in [0.1, 0.15) is 12.5 Å². The minimum absolute atomic E-state index is 0.192. The summed E-state index contributed by atoms with van der Waals surface area (Å²) in [6.45, 7) is 2.66. The second-order valence-electron chi connectivity index (χ2n) is 4.93. The maximum atomic E-state index is 12.0. The van der Waals surface area contributed by atoms with E-state index in [1.54, 1.807) is 30.7 Å². The zero-order chi connectivity index (χ0) is 17.5. The van der Waals surface area contributed by atoms with Crippen LogP contribution in [0.5, 0.6) is 5.88 Å². The van der Waals surface area contributed by atoms with E-state index < -0.39 is 6.03 Å². The van der Waals surface area contributed by atoms with E-state index in [4.69, 9.17) is 4.74 Å². The summed E-state index contributed by atoms with van der Waals surface area (Å²) in [5.74, 6) is 0.696. The van der Waals surface area contributed by atoms with Gasteiger partial charge in [0, 0.05) is 24.5 Å². The summed E-state index contributed by atoms with van der Waals surface area (Å²) < 4.78 is 6.95. The molecular weight excluding hydrogens is 322 g/mol. The molecule has 0 spiro atoms. The van der Waals surface area contributed by atoms with Crippen molar-refractivity contribution in [2.75, 3.05) is 11.9 Å². The van der Waals surface area contributed by atoms with E-state index in [2.05, 4.69) is 30.7 Å². The van der Waals surface area contributed by atoms with E-state index >= 15 is 0 Å². The van der Waals surface area contributed by atoms with Crippen molar-refractivity contribution in [1.82, 2.24) is 30.0 Å². The Morgan fingerprint density at radius 2 is 2.12 bits per heavy atom. The molecule has 0 radical (unpaired) electrons. The van der Waals surface area contributed by atoms with Gasteiger partial charge < -0.3 is 10.1 Å². The molecule has 9 heteroatoms. The van der Waals surface area contributed by atoms with Crippen molar-refractivity contribution in [3.63, 3.8) is 0 Å². The van der Waals surface area contributed by atoms with Crippen molar-refractivity contribution < 1.29 is 9.53 Å². The van der Waals surface area contributed by atoms with Gasteiger partial charge in [-0.1, -0.05) is 6.07 Å². The van der Waals surface area contributed by atoms with Gasteiger partial charge in [0.2, 0.25) is 5.88 Å². The molecule has 0 bridgehead atoms. The van der Waals surface area contributed by atoms with Crippen molar-refractivity contribution in [2.24, 2.45) is 0 Å². The number of carbonyl (C=O) groups excluding carboxylic acids is 1. The molecule has 0 aliphatic rings. The number of ether oxygens (including phenoxy) is 1. The molecule has 9 nitrogen and oxygen atoms in total. The number of rotatable bonds is 6. The average Bonchev–Trinajstić information content (AvgIpc) is 3.10. The first-order chi connectivity index (χ1) is 12.3. The first kappa shape index (κ1) is 16.4. The number of nitrogens with one attached hydrogen (secondary N) is 2. The molecule has 0 fully saturated rings. The minimum Gasteiger partial charge on any atom is -0.478 e. The van der Waals surface area contributed by atoms with E-state index in [1.807, 2.05) is 19.1 Å². The fourth-order valence-electron chi connectivity index (χ4n) is 2.08. The SMILES string of the molecule is CCOc1ncccc1CNC(=O)Nc1ncn(-c2cccnc2)n1. The Kier molecular flexibility index (Phi) is 5.15. The molecule has 0 unspecified atom stereocenters. The number of nitrogens with zero attached hydrogens (tertiary/aromatic N) is 5. The lowest BCUT2D eigenvalue weighted by Crippen LogP contribution is -2.29. The van der Waals surface area contributed by atoms with Crippen LogP contribution in [-0.4, -0.2) is 37.4 Å². The molecule has 3 aromatic heterocycles. The summed E-state index contributed by atoms with van der Waals surface area (Å²) >= 11 is 0. The zero-order valence-corrected chi connectivity index (χ0v) is 13.6. The summed E-state index contributed by atoms with van der Waals surface area (Å²) in [6.07, 6.45) is 6.46. The summed E-state index contributed by atoms with van der Waals surface area (Å²) in [4.78, 5) is 24.2. The van der Waals surface area contributed by atoms with E-state index in [0.29, 0.717) is 12.5 Å². The number of pyridine rings is 2. The number of amides is 2. The first-order valence-electron chi connectivity index (χ1n) is 7.70. The van der Waals surface area contributed by atoms with Crippen LogP contribution in [-0.2, 0) is 6.54 Å². The number of hydrogen-bond acceptors (Lipinski definition) is 6. The summed E-state index contributed by atoms with van der Waals surface area (Å²) in [5.41, 5.74) is 1.54. The highest BCUT2D eigenvalue weighted by molar-refractivity contribution is 5.87. The van der Waals surface area contributed by atoms with Gasteiger partial charge >= 0.3 is 6.03 Å². The van der Waals surface area contributed by atoms with Gasteiger partial charge in [-0.15, -0.1) is 5.10 Å². The lowest BCUT2D eigenvalue weighted by molar-refractivity contribution is 0.251. The van der Waals surface area contributed by atoms with Gasteiger partial charge in [-0.05, 0) is 25.1 Å². The Balaban J connectivity index is 1.58. The minimum atomic E-state index is -0.421. The third-order valence-corrected chi connectivity index (χ3v) is 3.20. The van der Waals surface area contributed by atoms with Crippen LogP contribution in [0, 0.1) is 0 Å². The highest BCUT2D eigenvalue weighted by Gasteiger charge is 2.09. The molecule has 0 aliphatic carbocycles. The van der Waals surface area contributed by atoms with Gasteiger partial charge in [-0.25, -0.2) is 14.5 Å². The number of urea groups is 1. The van der Waals surface area contributed by atoms with Crippen LogP contribution in [0.4, 0.5) is 10.7 Å². The molecule has 2 amide bonds. The first-order valence-corrected chi connectivity index (χ1v) is 7.70. The number of carbonyl (C=O) groups is 1. The second-order valence-corrected chi connectivity index (χ2v) is 4.93. The quantitative estimate of drug-likeness (QED) is 0.709. The highest BCUT2D eigenvalue weighted by atomic mass is 16.5. The van der Waals surface area contributed by atoms with Gasteiger partial charge in [0.25, 0.3) is 5.95 Å². The molecular formula is C16H17N7O2. The second kappa shape index (κ2) is 7.86. The molecule has 25 heavy (non-hydrogen) atoms. The third-order valence-electron chi connectivity index (χ3n) is 3.20. The molecule has 3 aromatic rings. The van der Waals surface area contributed by atoms with Crippen LogP contribution < -0.4 is 15.4 Å². The fourth-order valence-corrected chi connectivity index (χ4v) is 2.08. The molecule has 3 heterocycles. The largest absolute Gasteiger partial charge is 0.478 e. The smallest absolute Gasteiger partial charge is 0.321 e. The number of aromatic nitrogens is 5.